The molecule has 1 unspecified atom stereocenters. The molecule has 1 fully saturated rings. The summed E-state index contributed by atoms with van der Waals surface area (Å²) in [7, 11) is 1.76. The molecule has 0 aliphatic carbocycles. The molecule has 0 spiro atoms. The maximum atomic E-state index is 11.8. The number of hydrogen-bond donors (Lipinski definition) is 0. The number of likely N-dealkylation sites (N-methyl/N-ethyl adjacent to an activating group) is 1. The second-order valence-corrected chi connectivity index (χ2v) is 6.33. The minimum Gasteiger partial charge on any atom is -0.356 e. The van der Waals surface area contributed by atoms with Gasteiger partial charge in [-0.25, -0.2) is 4.98 Å². The zero-order valence-corrected chi connectivity index (χ0v) is 13.8. The van der Waals surface area contributed by atoms with Crippen LogP contribution in [0.3, 0.4) is 0 Å². The Morgan fingerprint density at radius 1 is 1.43 bits per heavy atom. The van der Waals surface area contributed by atoms with Crippen LogP contribution in [0, 0.1) is 5.92 Å². The lowest BCUT2D eigenvalue weighted by Gasteiger charge is -2.32. The SMILES string of the molecule is C=CC(=O)N(C)c1ccc2c(N3CCCC(C)C3)nccc2c1. The molecular formula is C19H23N3O. The number of rotatable bonds is 3. The van der Waals surface area contributed by atoms with Crippen LogP contribution < -0.4 is 9.80 Å². The molecule has 4 heteroatoms. The van der Waals surface area contributed by atoms with Crippen LogP contribution in [0.25, 0.3) is 10.8 Å². The summed E-state index contributed by atoms with van der Waals surface area (Å²) in [5.74, 6) is 1.65. The first-order valence-electron chi connectivity index (χ1n) is 8.14. The summed E-state index contributed by atoms with van der Waals surface area (Å²) in [5.41, 5.74) is 0.867. The molecule has 1 amide bonds. The molecule has 1 aromatic carbocycles. The standard InChI is InChI=1S/C19H23N3O/c1-4-18(23)21(3)16-7-8-17-15(12-16)9-10-20-19(17)22-11-5-6-14(2)13-22/h4,7-10,12,14H,1,5-6,11,13H2,2-3H3. The zero-order chi connectivity index (χ0) is 16.4. The van der Waals surface area contributed by atoms with E-state index in [-0.39, 0.29) is 5.91 Å². The number of carbonyl (C=O) groups excluding carboxylic acids is 1. The highest BCUT2D eigenvalue weighted by molar-refractivity contribution is 6.03. The molecule has 0 radical (unpaired) electrons. The lowest BCUT2D eigenvalue weighted by molar-refractivity contribution is -0.113. The summed E-state index contributed by atoms with van der Waals surface area (Å²) < 4.78 is 0. The van der Waals surface area contributed by atoms with Gasteiger partial charge in [0.1, 0.15) is 5.82 Å². The number of hydrogen-bond acceptors (Lipinski definition) is 3. The first kappa shape index (κ1) is 15.5. The Balaban J connectivity index is 1.99. The van der Waals surface area contributed by atoms with Crippen LogP contribution in [0.2, 0.25) is 0 Å². The van der Waals surface area contributed by atoms with E-state index in [9.17, 15) is 4.79 Å². The van der Waals surface area contributed by atoms with Gasteiger partial charge in [-0.3, -0.25) is 4.79 Å². The van der Waals surface area contributed by atoms with Crippen LogP contribution >= 0.6 is 0 Å². The van der Waals surface area contributed by atoms with Gasteiger partial charge in [0.25, 0.3) is 0 Å². The normalized spacial score (nSPS) is 18.0. The quantitative estimate of drug-likeness (QED) is 0.813. The highest BCUT2D eigenvalue weighted by Crippen LogP contribution is 2.30. The molecule has 0 N–H and O–H groups in total. The van der Waals surface area contributed by atoms with Crippen molar-refractivity contribution in [2.75, 3.05) is 29.9 Å². The molecule has 2 heterocycles. The average Bonchev–Trinajstić information content (AvgIpc) is 2.59. The van der Waals surface area contributed by atoms with E-state index in [0.717, 1.165) is 35.4 Å². The number of nitrogens with zero attached hydrogens (tertiary/aromatic N) is 3. The van der Waals surface area contributed by atoms with Crippen molar-refractivity contribution in [2.45, 2.75) is 19.8 Å². The van der Waals surface area contributed by atoms with Crippen LogP contribution in [0.4, 0.5) is 11.5 Å². The third kappa shape index (κ3) is 3.07. The molecule has 1 aliphatic heterocycles. The summed E-state index contributed by atoms with van der Waals surface area (Å²) in [6, 6.07) is 8.08. The van der Waals surface area contributed by atoms with Crippen LogP contribution in [-0.2, 0) is 4.79 Å². The second kappa shape index (κ2) is 6.41. The highest BCUT2D eigenvalue weighted by Gasteiger charge is 2.19. The lowest BCUT2D eigenvalue weighted by Crippen LogP contribution is -2.34. The second-order valence-electron chi connectivity index (χ2n) is 6.33. The molecule has 0 bridgehead atoms. The number of piperidine rings is 1. The van der Waals surface area contributed by atoms with Crippen LogP contribution in [0.15, 0.2) is 43.1 Å². The van der Waals surface area contributed by atoms with Gasteiger partial charge in [-0.1, -0.05) is 13.5 Å². The number of amides is 1. The van der Waals surface area contributed by atoms with Crippen LogP contribution in [0.5, 0.6) is 0 Å². The first-order valence-corrected chi connectivity index (χ1v) is 8.14. The Labute approximate surface area is 137 Å². The molecule has 23 heavy (non-hydrogen) atoms. The van der Waals surface area contributed by atoms with Crippen molar-refractivity contribution in [1.82, 2.24) is 4.98 Å². The van der Waals surface area contributed by atoms with E-state index in [2.05, 4.69) is 29.5 Å². The summed E-state index contributed by atoms with van der Waals surface area (Å²) in [5, 5.41) is 2.25. The Hall–Kier alpha value is -2.36. The van der Waals surface area contributed by atoms with Crippen molar-refractivity contribution >= 4 is 28.2 Å². The molecule has 3 rings (SSSR count). The van der Waals surface area contributed by atoms with E-state index >= 15 is 0 Å². The van der Waals surface area contributed by atoms with Gasteiger partial charge >= 0.3 is 0 Å². The van der Waals surface area contributed by atoms with Crippen LogP contribution in [0.1, 0.15) is 19.8 Å². The molecule has 1 aliphatic rings. The molecule has 1 saturated heterocycles. The number of fused-ring (bicyclic) bond motifs is 1. The fourth-order valence-electron chi connectivity index (χ4n) is 3.26. The predicted molar refractivity (Wildman–Crippen MR) is 96.0 cm³/mol. The smallest absolute Gasteiger partial charge is 0.250 e. The van der Waals surface area contributed by atoms with E-state index < -0.39 is 0 Å². The molecule has 1 aromatic heterocycles. The number of anilines is 2. The lowest BCUT2D eigenvalue weighted by atomic mass is 9.99. The van der Waals surface area contributed by atoms with Gasteiger partial charge in [0.15, 0.2) is 0 Å². The number of aromatic nitrogens is 1. The third-order valence-electron chi connectivity index (χ3n) is 4.58. The number of carbonyl (C=O) groups is 1. The van der Waals surface area contributed by atoms with Gasteiger partial charge in [0.05, 0.1) is 0 Å². The fourth-order valence-corrected chi connectivity index (χ4v) is 3.26. The van der Waals surface area contributed by atoms with Crippen molar-refractivity contribution < 1.29 is 4.79 Å². The Bertz CT molecular complexity index is 740. The highest BCUT2D eigenvalue weighted by atomic mass is 16.2. The molecule has 2 aromatic rings. The predicted octanol–water partition coefficient (Wildman–Crippen LogP) is 3.62. The van der Waals surface area contributed by atoms with E-state index in [1.807, 2.05) is 24.4 Å². The molecule has 1 atom stereocenters. The maximum absolute atomic E-state index is 11.8. The number of pyridine rings is 1. The van der Waals surface area contributed by atoms with Crippen LogP contribution in [-0.4, -0.2) is 31.0 Å². The first-order chi connectivity index (χ1) is 11.1. The van der Waals surface area contributed by atoms with Crippen molar-refractivity contribution in [1.29, 1.82) is 0 Å². The monoisotopic (exact) mass is 309 g/mol. The van der Waals surface area contributed by atoms with Crippen molar-refractivity contribution in [3.8, 4) is 0 Å². The van der Waals surface area contributed by atoms with Gasteiger partial charge in [0.2, 0.25) is 5.91 Å². The molecule has 4 nitrogen and oxygen atoms in total. The van der Waals surface area contributed by atoms with E-state index in [1.165, 1.54) is 18.9 Å². The van der Waals surface area contributed by atoms with Crippen molar-refractivity contribution in [2.24, 2.45) is 5.92 Å². The van der Waals surface area contributed by atoms with Gasteiger partial charge < -0.3 is 9.80 Å². The minimum absolute atomic E-state index is 0.108. The minimum atomic E-state index is -0.108. The van der Waals surface area contributed by atoms with Gasteiger partial charge in [-0.15, -0.1) is 0 Å². The van der Waals surface area contributed by atoms with E-state index in [4.69, 9.17) is 0 Å². The van der Waals surface area contributed by atoms with Gasteiger partial charge in [0, 0.05) is 37.4 Å². The average molecular weight is 309 g/mol. The summed E-state index contributed by atoms with van der Waals surface area (Å²) in [6.45, 7) is 7.96. The summed E-state index contributed by atoms with van der Waals surface area (Å²) >= 11 is 0. The maximum Gasteiger partial charge on any atom is 0.250 e. The fraction of sp³-hybridized carbons (Fsp3) is 0.368. The van der Waals surface area contributed by atoms with Crippen molar-refractivity contribution in [3.05, 3.63) is 43.1 Å². The third-order valence-corrected chi connectivity index (χ3v) is 4.58. The Morgan fingerprint density at radius 2 is 2.26 bits per heavy atom. The largest absolute Gasteiger partial charge is 0.356 e. The Morgan fingerprint density at radius 3 is 3.00 bits per heavy atom. The molecular weight excluding hydrogens is 286 g/mol. The van der Waals surface area contributed by atoms with Crippen molar-refractivity contribution in [3.63, 3.8) is 0 Å². The molecule has 0 saturated carbocycles. The van der Waals surface area contributed by atoms with E-state index in [1.54, 1.807) is 11.9 Å². The summed E-state index contributed by atoms with van der Waals surface area (Å²) in [6.07, 6.45) is 5.70. The topological polar surface area (TPSA) is 36.4 Å². The van der Waals surface area contributed by atoms with Gasteiger partial charge in [-0.2, -0.15) is 0 Å². The number of benzene rings is 1. The summed E-state index contributed by atoms with van der Waals surface area (Å²) in [4.78, 5) is 20.4. The van der Waals surface area contributed by atoms with E-state index in [0.29, 0.717) is 5.92 Å². The molecule has 120 valence electrons. The van der Waals surface area contributed by atoms with Gasteiger partial charge in [-0.05, 0) is 54.5 Å². The Kier molecular flexibility index (Phi) is 4.33. The zero-order valence-electron chi connectivity index (χ0n) is 13.8.